The van der Waals surface area contributed by atoms with Crippen LogP contribution in [0.1, 0.15) is 99.3 Å². The van der Waals surface area contributed by atoms with Crippen molar-refractivity contribution in [2.24, 2.45) is 52.3 Å². The standard InChI is InChI=1S/C31H48O6/c1-17-9-12-31(34-16-17)18(2)28-26(37-31)14-24-22-8-7-21-13-25(35-19(3)32)27(36-20(4)33)15-30(21,6)23(22)10-11-29(24,28)5/h17-18,21-28H,7-16H2,1-6H3/t17-,18+,21-,22-,23+,24+,25-,26+,27-,28+,29+,30+,31-/m1/s1. The molecule has 6 aliphatic rings. The Kier molecular flexibility index (Phi) is 6.31. The highest BCUT2D eigenvalue weighted by molar-refractivity contribution is 5.67. The molecule has 0 aromatic carbocycles. The second-order valence-electron chi connectivity index (χ2n) is 14.4. The molecule has 6 heteroatoms. The minimum Gasteiger partial charge on any atom is -0.459 e. The Bertz CT molecular complexity index is 925. The Morgan fingerprint density at radius 1 is 0.838 bits per heavy atom. The van der Waals surface area contributed by atoms with Gasteiger partial charge in [-0.25, -0.2) is 0 Å². The summed E-state index contributed by atoms with van der Waals surface area (Å²) < 4.78 is 24.9. The minimum atomic E-state index is -0.358. The molecule has 1 spiro atoms. The molecule has 2 aliphatic heterocycles. The Hall–Kier alpha value is -1.14. The Balaban J connectivity index is 1.23. The van der Waals surface area contributed by atoms with Crippen molar-refractivity contribution in [2.45, 2.75) is 123 Å². The molecule has 0 radical (unpaired) electrons. The maximum Gasteiger partial charge on any atom is 0.303 e. The highest BCUT2D eigenvalue weighted by Gasteiger charge is 2.69. The predicted octanol–water partition coefficient (Wildman–Crippen LogP) is 5.91. The zero-order chi connectivity index (χ0) is 26.3. The normalized spacial score (nSPS) is 54.5. The number of fused-ring (bicyclic) bond motifs is 7. The molecule has 2 saturated heterocycles. The molecule has 6 rings (SSSR count). The molecule has 208 valence electrons. The second-order valence-corrected chi connectivity index (χ2v) is 14.4. The van der Waals surface area contributed by atoms with Crippen molar-refractivity contribution in [3.63, 3.8) is 0 Å². The maximum atomic E-state index is 12.0. The van der Waals surface area contributed by atoms with Gasteiger partial charge in [-0.2, -0.15) is 0 Å². The summed E-state index contributed by atoms with van der Waals surface area (Å²) in [5.74, 6) is 3.21. The van der Waals surface area contributed by atoms with E-state index >= 15 is 0 Å². The monoisotopic (exact) mass is 516 g/mol. The first-order valence-corrected chi connectivity index (χ1v) is 15.1. The first kappa shape index (κ1) is 26.1. The Morgan fingerprint density at radius 2 is 1.57 bits per heavy atom. The van der Waals surface area contributed by atoms with E-state index in [-0.39, 0.29) is 35.3 Å². The molecule has 2 heterocycles. The van der Waals surface area contributed by atoms with Gasteiger partial charge in [-0.1, -0.05) is 27.7 Å². The number of carbonyl (C=O) groups excluding carboxylic acids is 2. The predicted molar refractivity (Wildman–Crippen MR) is 138 cm³/mol. The van der Waals surface area contributed by atoms with Crippen LogP contribution >= 0.6 is 0 Å². The van der Waals surface area contributed by atoms with E-state index in [4.69, 9.17) is 18.9 Å². The van der Waals surface area contributed by atoms with E-state index in [2.05, 4.69) is 27.7 Å². The molecule has 4 saturated carbocycles. The lowest BCUT2D eigenvalue weighted by molar-refractivity contribution is -0.273. The zero-order valence-electron chi connectivity index (χ0n) is 23.8. The van der Waals surface area contributed by atoms with Crippen molar-refractivity contribution in [3.8, 4) is 0 Å². The van der Waals surface area contributed by atoms with Gasteiger partial charge in [-0.05, 0) is 97.7 Å². The molecule has 0 unspecified atom stereocenters. The molecule has 37 heavy (non-hydrogen) atoms. The topological polar surface area (TPSA) is 71.1 Å². The van der Waals surface area contributed by atoms with Gasteiger partial charge in [0.25, 0.3) is 0 Å². The third-order valence-electron chi connectivity index (χ3n) is 12.5. The summed E-state index contributed by atoms with van der Waals surface area (Å²) in [5, 5.41) is 0. The van der Waals surface area contributed by atoms with Gasteiger partial charge in [0.05, 0.1) is 12.7 Å². The van der Waals surface area contributed by atoms with E-state index in [1.165, 1.54) is 46.0 Å². The van der Waals surface area contributed by atoms with Crippen molar-refractivity contribution in [1.82, 2.24) is 0 Å². The van der Waals surface area contributed by atoms with E-state index in [1.807, 2.05) is 0 Å². The molecule has 0 N–H and O–H groups in total. The second kappa shape index (κ2) is 8.94. The van der Waals surface area contributed by atoms with Gasteiger partial charge >= 0.3 is 11.9 Å². The molecule has 0 bridgehead atoms. The summed E-state index contributed by atoms with van der Waals surface area (Å²) in [7, 11) is 0. The van der Waals surface area contributed by atoms with Gasteiger partial charge in [0.1, 0.15) is 12.2 Å². The van der Waals surface area contributed by atoms with E-state index < -0.39 is 0 Å². The molecule has 4 aliphatic carbocycles. The SMILES string of the molecule is CC(=O)O[C@@H]1C[C@H]2CC[C@@H]3[C@H](CC[C@]4(C)[C@@H]5[C@H](C[C@@H]34)O[C@]3(CC[C@@H](C)CO3)[C@H]5C)[C@@]2(C)C[C@H]1OC(C)=O. The first-order chi connectivity index (χ1) is 17.5. The average Bonchev–Trinajstić information content (AvgIpc) is 3.26. The molecular weight excluding hydrogens is 468 g/mol. The lowest BCUT2D eigenvalue weighted by atomic mass is 9.44. The van der Waals surface area contributed by atoms with Gasteiger partial charge in [0, 0.05) is 26.2 Å². The fourth-order valence-corrected chi connectivity index (χ4v) is 10.9. The van der Waals surface area contributed by atoms with E-state index in [9.17, 15) is 9.59 Å². The molecule has 6 nitrogen and oxygen atoms in total. The summed E-state index contributed by atoms with van der Waals surface area (Å²) in [6.07, 6.45) is 9.57. The Labute approximate surface area is 222 Å². The Morgan fingerprint density at radius 3 is 2.24 bits per heavy atom. The van der Waals surface area contributed by atoms with Crippen LogP contribution in [0.3, 0.4) is 0 Å². The van der Waals surface area contributed by atoms with Gasteiger partial charge in [0.2, 0.25) is 0 Å². The van der Waals surface area contributed by atoms with Crippen LogP contribution in [0.4, 0.5) is 0 Å². The molecular formula is C31H48O6. The number of ether oxygens (including phenoxy) is 4. The van der Waals surface area contributed by atoms with E-state index in [0.717, 1.165) is 32.3 Å². The number of esters is 2. The summed E-state index contributed by atoms with van der Waals surface area (Å²) in [6.45, 7) is 13.5. The lowest BCUT2D eigenvalue weighted by Gasteiger charge is -2.62. The number of rotatable bonds is 2. The third-order valence-corrected chi connectivity index (χ3v) is 12.5. The summed E-state index contributed by atoms with van der Waals surface area (Å²) in [6, 6.07) is 0. The fourth-order valence-electron chi connectivity index (χ4n) is 10.9. The minimum absolute atomic E-state index is 0.106. The highest BCUT2D eigenvalue weighted by Crippen LogP contribution is 2.71. The van der Waals surface area contributed by atoms with Gasteiger partial charge in [0.15, 0.2) is 5.79 Å². The van der Waals surface area contributed by atoms with Crippen molar-refractivity contribution in [2.75, 3.05) is 6.61 Å². The fraction of sp³-hybridized carbons (Fsp3) is 0.935. The largest absolute Gasteiger partial charge is 0.459 e. The van der Waals surface area contributed by atoms with Crippen LogP contribution < -0.4 is 0 Å². The van der Waals surface area contributed by atoms with Crippen molar-refractivity contribution >= 4 is 11.9 Å². The molecule has 0 amide bonds. The van der Waals surface area contributed by atoms with Crippen LogP contribution in [0, 0.1) is 52.3 Å². The van der Waals surface area contributed by atoms with Gasteiger partial charge < -0.3 is 18.9 Å². The molecule has 0 aromatic rings. The van der Waals surface area contributed by atoms with Crippen LogP contribution in [0.2, 0.25) is 0 Å². The zero-order valence-corrected chi connectivity index (χ0v) is 23.8. The third kappa shape index (κ3) is 3.93. The maximum absolute atomic E-state index is 12.0. The smallest absolute Gasteiger partial charge is 0.303 e. The number of hydrogen-bond donors (Lipinski definition) is 0. The molecule has 0 aromatic heterocycles. The van der Waals surface area contributed by atoms with E-state index in [0.29, 0.717) is 52.9 Å². The summed E-state index contributed by atoms with van der Waals surface area (Å²) >= 11 is 0. The van der Waals surface area contributed by atoms with Gasteiger partial charge in [-0.3, -0.25) is 9.59 Å². The van der Waals surface area contributed by atoms with Gasteiger partial charge in [-0.15, -0.1) is 0 Å². The lowest BCUT2D eigenvalue weighted by Crippen LogP contribution is -2.58. The van der Waals surface area contributed by atoms with Crippen molar-refractivity contribution in [3.05, 3.63) is 0 Å². The molecule has 6 fully saturated rings. The molecule has 13 atom stereocenters. The van der Waals surface area contributed by atoms with Crippen LogP contribution in [0.15, 0.2) is 0 Å². The van der Waals surface area contributed by atoms with Crippen molar-refractivity contribution in [1.29, 1.82) is 0 Å². The quantitative estimate of drug-likeness (QED) is 0.425. The highest BCUT2D eigenvalue weighted by atomic mass is 16.7. The van der Waals surface area contributed by atoms with Crippen LogP contribution in [-0.2, 0) is 28.5 Å². The van der Waals surface area contributed by atoms with Crippen molar-refractivity contribution < 1.29 is 28.5 Å². The summed E-state index contributed by atoms with van der Waals surface area (Å²) in [5.41, 5.74) is 0.406. The number of carbonyl (C=O) groups is 2. The van der Waals surface area contributed by atoms with E-state index in [1.54, 1.807) is 0 Å². The summed E-state index contributed by atoms with van der Waals surface area (Å²) in [4.78, 5) is 23.8. The average molecular weight is 517 g/mol. The van der Waals surface area contributed by atoms with Crippen LogP contribution in [0.5, 0.6) is 0 Å². The van der Waals surface area contributed by atoms with Crippen LogP contribution in [-0.4, -0.2) is 42.6 Å². The number of hydrogen-bond acceptors (Lipinski definition) is 6. The van der Waals surface area contributed by atoms with Crippen LogP contribution in [0.25, 0.3) is 0 Å². The first-order valence-electron chi connectivity index (χ1n) is 15.1.